The number of carbonyl (C=O) groups is 1. The summed E-state index contributed by atoms with van der Waals surface area (Å²) in [4.78, 5) is 13.1. The normalized spacial score (nSPS) is 31.7. The van der Waals surface area contributed by atoms with E-state index in [1.54, 1.807) is 7.11 Å². The first kappa shape index (κ1) is 15.0. The van der Waals surface area contributed by atoms with Crippen LogP contribution in [0.3, 0.4) is 0 Å². The number of hydrogen-bond donors (Lipinski definition) is 0. The monoisotopic (exact) mass is 266 g/mol. The van der Waals surface area contributed by atoms with Crippen LogP contribution in [0, 0.1) is 11.8 Å². The van der Waals surface area contributed by atoms with Gasteiger partial charge in [-0.25, -0.2) is 0 Å². The zero-order valence-corrected chi connectivity index (χ0v) is 12.7. The fourth-order valence-corrected chi connectivity index (χ4v) is 4.23. The number of methoxy groups -OCH3 is 1. The van der Waals surface area contributed by atoms with Gasteiger partial charge in [0.25, 0.3) is 0 Å². The Hall–Kier alpha value is -0.370. The molecule has 0 spiro atoms. The lowest BCUT2D eigenvalue weighted by Gasteiger charge is -2.38. The van der Waals surface area contributed by atoms with Crippen LogP contribution in [0.25, 0.3) is 0 Å². The zero-order valence-electron chi connectivity index (χ0n) is 12.7. The van der Waals surface area contributed by atoms with Gasteiger partial charge in [-0.2, -0.15) is 0 Å². The predicted octanol–water partition coefficient (Wildman–Crippen LogP) is 4.51. The van der Waals surface area contributed by atoms with E-state index in [-0.39, 0.29) is 5.92 Å². The van der Waals surface area contributed by atoms with Crippen molar-refractivity contribution in [2.45, 2.75) is 83.2 Å². The van der Waals surface area contributed by atoms with E-state index in [1.807, 2.05) is 0 Å². The van der Waals surface area contributed by atoms with E-state index < -0.39 is 5.60 Å². The largest absolute Gasteiger partial charge is 0.370 e. The van der Waals surface area contributed by atoms with Crippen molar-refractivity contribution in [2.75, 3.05) is 7.11 Å². The number of rotatable bonds is 4. The fraction of sp³-hybridized carbons (Fsp3) is 0.941. The quantitative estimate of drug-likeness (QED) is 0.700. The number of Topliss-reactive ketones (excluding diaryl/α,β-unsaturated/α-hetero) is 1. The third-order valence-electron chi connectivity index (χ3n) is 5.52. The summed E-state index contributed by atoms with van der Waals surface area (Å²) in [7, 11) is 1.76. The van der Waals surface area contributed by atoms with Crippen LogP contribution in [-0.4, -0.2) is 18.5 Å². The van der Waals surface area contributed by atoms with Crippen molar-refractivity contribution in [1.29, 1.82) is 0 Å². The summed E-state index contributed by atoms with van der Waals surface area (Å²) in [6.07, 6.45) is 12.8. The lowest BCUT2D eigenvalue weighted by molar-refractivity contribution is -0.150. The van der Waals surface area contributed by atoms with Gasteiger partial charge in [0, 0.05) is 13.0 Å². The summed E-state index contributed by atoms with van der Waals surface area (Å²) >= 11 is 0. The Morgan fingerprint density at radius 2 is 1.68 bits per heavy atom. The third kappa shape index (κ3) is 3.21. The van der Waals surface area contributed by atoms with Crippen LogP contribution in [0.4, 0.5) is 0 Å². The lowest BCUT2D eigenvalue weighted by Crippen LogP contribution is -2.46. The minimum absolute atomic E-state index is 0.275. The van der Waals surface area contributed by atoms with Gasteiger partial charge in [0.1, 0.15) is 5.60 Å². The minimum Gasteiger partial charge on any atom is -0.370 e. The van der Waals surface area contributed by atoms with E-state index in [0.717, 1.165) is 38.5 Å². The Morgan fingerprint density at radius 3 is 2.26 bits per heavy atom. The van der Waals surface area contributed by atoms with Gasteiger partial charge >= 0.3 is 0 Å². The highest BCUT2D eigenvalue weighted by Crippen LogP contribution is 2.40. The van der Waals surface area contributed by atoms with Crippen LogP contribution < -0.4 is 0 Å². The van der Waals surface area contributed by atoms with Crippen LogP contribution in [0.1, 0.15) is 77.6 Å². The van der Waals surface area contributed by atoms with E-state index in [2.05, 4.69) is 6.92 Å². The first-order chi connectivity index (χ1) is 9.23. The Morgan fingerprint density at radius 1 is 1.05 bits per heavy atom. The SMILES string of the molecule is CCC1CCCCC1C(=O)C1(OC)CCCCCC1. The number of ether oxygens (including phenoxy) is 1. The highest BCUT2D eigenvalue weighted by molar-refractivity contribution is 5.89. The molecule has 0 bridgehead atoms. The Kier molecular flexibility index (Phi) is 5.44. The maximum Gasteiger partial charge on any atom is 0.167 e. The smallest absolute Gasteiger partial charge is 0.167 e. The first-order valence-electron chi connectivity index (χ1n) is 8.33. The summed E-state index contributed by atoms with van der Waals surface area (Å²) in [5.74, 6) is 1.33. The van der Waals surface area contributed by atoms with Crippen LogP contribution in [-0.2, 0) is 9.53 Å². The molecule has 2 aliphatic carbocycles. The Bertz CT molecular complexity index is 290. The summed E-state index contributed by atoms with van der Waals surface area (Å²) in [6.45, 7) is 2.24. The van der Waals surface area contributed by atoms with Crippen molar-refractivity contribution in [1.82, 2.24) is 0 Å². The average molecular weight is 266 g/mol. The molecular formula is C17H30O2. The molecule has 0 heterocycles. The van der Waals surface area contributed by atoms with Gasteiger partial charge in [0.2, 0.25) is 0 Å². The van der Waals surface area contributed by atoms with Gasteiger partial charge in [-0.1, -0.05) is 51.9 Å². The number of hydrogen-bond acceptors (Lipinski definition) is 2. The van der Waals surface area contributed by atoms with Crippen molar-refractivity contribution < 1.29 is 9.53 Å². The molecule has 0 amide bonds. The number of ketones is 1. The molecule has 2 saturated carbocycles. The molecule has 2 atom stereocenters. The van der Waals surface area contributed by atoms with Crippen LogP contribution in [0.5, 0.6) is 0 Å². The van der Waals surface area contributed by atoms with Gasteiger partial charge in [0.15, 0.2) is 5.78 Å². The second-order valence-corrected chi connectivity index (χ2v) is 6.54. The van der Waals surface area contributed by atoms with E-state index >= 15 is 0 Å². The zero-order chi connectivity index (χ0) is 13.7. The van der Waals surface area contributed by atoms with Crippen molar-refractivity contribution in [2.24, 2.45) is 11.8 Å². The molecule has 2 unspecified atom stereocenters. The first-order valence-corrected chi connectivity index (χ1v) is 8.33. The molecule has 0 N–H and O–H groups in total. The van der Waals surface area contributed by atoms with Crippen molar-refractivity contribution in [3.05, 3.63) is 0 Å². The highest BCUT2D eigenvalue weighted by atomic mass is 16.5. The van der Waals surface area contributed by atoms with E-state index in [9.17, 15) is 4.79 Å². The predicted molar refractivity (Wildman–Crippen MR) is 78.2 cm³/mol. The van der Waals surface area contributed by atoms with Gasteiger partial charge in [-0.15, -0.1) is 0 Å². The summed E-state index contributed by atoms with van der Waals surface area (Å²) in [5.41, 5.74) is -0.439. The highest BCUT2D eigenvalue weighted by Gasteiger charge is 2.44. The van der Waals surface area contributed by atoms with Crippen LogP contribution in [0.2, 0.25) is 0 Å². The maximum atomic E-state index is 13.1. The topological polar surface area (TPSA) is 26.3 Å². The summed E-state index contributed by atoms with van der Waals surface area (Å²) in [6, 6.07) is 0. The van der Waals surface area contributed by atoms with E-state index in [0.29, 0.717) is 11.7 Å². The van der Waals surface area contributed by atoms with E-state index in [1.165, 1.54) is 32.1 Å². The molecule has 0 aromatic carbocycles. The summed E-state index contributed by atoms with van der Waals surface area (Å²) < 4.78 is 5.82. The minimum atomic E-state index is -0.439. The molecule has 0 aromatic rings. The molecule has 0 saturated heterocycles. The second-order valence-electron chi connectivity index (χ2n) is 6.54. The maximum absolute atomic E-state index is 13.1. The molecule has 0 aliphatic heterocycles. The fourth-order valence-electron chi connectivity index (χ4n) is 4.23. The third-order valence-corrected chi connectivity index (χ3v) is 5.52. The van der Waals surface area contributed by atoms with Crippen molar-refractivity contribution >= 4 is 5.78 Å². The van der Waals surface area contributed by atoms with Crippen LogP contribution >= 0.6 is 0 Å². The van der Waals surface area contributed by atoms with Gasteiger partial charge in [-0.3, -0.25) is 4.79 Å². The molecule has 2 heteroatoms. The van der Waals surface area contributed by atoms with Gasteiger partial charge < -0.3 is 4.74 Å². The molecule has 0 aromatic heterocycles. The van der Waals surface area contributed by atoms with Crippen molar-refractivity contribution in [3.8, 4) is 0 Å². The lowest BCUT2D eigenvalue weighted by atomic mass is 9.70. The second kappa shape index (κ2) is 6.88. The van der Waals surface area contributed by atoms with Gasteiger partial charge in [-0.05, 0) is 31.6 Å². The van der Waals surface area contributed by atoms with Crippen molar-refractivity contribution in [3.63, 3.8) is 0 Å². The molecule has 110 valence electrons. The molecule has 0 radical (unpaired) electrons. The van der Waals surface area contributed by atoms with E-state index in [4.69, 9.17) is 4.74 Å². The number of carbonyl (C=O) groups excluding carboxylic acids is 1. The molecular weight excluding hydrogens is 236 g/mol. The molecule has 2 fully saturated rings. The average Bonchev–Trinajstić information content (AvgIpc) is 2.72. The summed E-state index contributed by atoms with van der Waals surface area (Å²) in [5, 5.41) is 0. The molecule has 2 rings (SSSR count). The molecule has 2 nitrogen and oxygen atoms in total. The Balaban J connectivity index is 2.13. The Labute approximate surface area is 118 Å². The molecule has 19 heavy (non-hydrogen) atoms. The molecule has 2 aliphatic rings. The van der Waals surface area contributed by atoms with Crippen LogP contribution in [0.15, 0.2) is 0 Å². The van der Waals surface area contributed by atoms with Gasteiger partial charge in [0.05, 0.1) is 0 Å². The standard InChI is InChI=1S/C17H30O2/c1-3-14-10-6-7-11-15(14)16(18)17(19-2)12-8-4-5-9-13-17/h14-15H,3-13H2,1-2H3.